The summed E-state index contributed by atoms with van der Waals surface area (Å²) in [6.07, 6.45) is 15.2. The van der Waals surface area contributed by atoms with Crippen molar-refractivity contribution in [3.63, 3.8) is 0 Å². The molecule has 2 amide bonds. The summed E-state index contributed by atoms with van der Waals surface area (Å²) in [4.78, 5) is 38.3. The number of nitrogens with zero attached hydrogens (tertiary/aromatic N) is 8. The first kappa shape index (κ1) is 34.8. The van der Waals surface area contributed by atoms with E-state index in [1.165, 1.54) is 59.1 Å². The Morgan fingerprint density at radius 3 is 1.40 bits per heavy atom. The normalized spacial score (nSPS) is 14.6. The van der Waals surface area contributed by atoms with Gasteiger partial charge in [-0.15, -0.1) is 0 Å². The summed E-state index contributed by atoms with van der Waals surface area (Å²) in [5.41, 5.74) is 4.67. The van der Waals surface area contributed by atoms with E-state index in [-0.39, 0.29) is 23.3 Å². The van der Waals surface area contributed by atoms with Gasteiger partial charge in [0.25, 0.3) is 11.8 Å². The molecule has 4 aromatic heterocycles. The number of aromatic hydroxyl groups is 2. The van der Waals surface area contributed by atoms with Gasteiger partial charge in [0.2, 0.25) is 0 Å². The van der Waals surface area contributed by atoms with Crippen molar-refractivity contribution >= 4 is 69.1 Å². The molecule has 6 aromatic rings. The fourth-order valence-electron chi connectivity index (χ4n) is 6.47. The first-order valence-corrected chi connectivity index (χ1v) is 17.8. The van der Waals surface area contributed by atoms with Crippen molar-refractivity contribution in [2.45, 2.75) is 38.5 Å². The maximum Gasteiger partial charge on any atom is 0.261 e. The molecular formula is C36H36Cl2N10O4. The van der Waals surface area contributed by atoms with E-state index in [9.17, 15) is 19.8 Å². The summed E-state index contributed by atoms with van der Waals surface area (Å²) in [6.45, 7) is 3.84. The van der Waals surface area contributed by atoms with Gasteiger partial charge in [-0.25, -0.2) is 19.0 Å². The fraction of sp³-hybridized carbons (Fsp3) is 0.278. The molecule has 0 saturated carbocycles. The number of halogens is 2. The molecule has 14 nitrogen and oxygen atoms in total. The van der Waals surface area contributed by atoms with Crippen LogP contribution in [-0.4, -0.2) is 77.4 Å². The Bertz CT molecular complexity index is 2090. The molecule has 0 atom stereocenters. The maximum atomic E-state index is 12.8. The highest BCUT2D eigenvalue weighted by molar-refractivity contribution is 6.31. The molecule has 2 fully saturated rings. The molecule has 2 saturated heterocycles. The van der Waals surface area contributed by atoms with Gasteiger partial charge < -0.3 is 30.6 Å². The Balaban J connectivity index is 0.000000162. The van der Waals surface area contributed by atoms with Gasteiger partial charge in [-0.2, -0.15) is 10.2 Å². The lowest BCUT2D eigenvalue weighted by Crippen LogP contribution is -2.30. The van der Waals surface area contributed by atoms with Crippen molar-refractivity contribution in [1.29, 1.82) is 0 Å². The van der Waals surface area contributed by atoms with Crippen molar-refractivity contribution in [1.82, 2.24) is 29.2 Å². The first-order valence-electron chi connectivity index (χ1n) is 17.0. The van der Waals surface area contributed by atoms with Crippen LogP contribution in [0.15, 0.2) is 73.6 Å². The zero-order valence-electron chi connectivity index (χ0n) is 28.0. The summed E-state index contributed by atoms with van der Waals surface area (Å²) in [7, 11) is 0. The van der Waals surface area contributed by atoms with Crippen LogP contribution in [0, 0.1) is 0 Å². The van der Waals surface area contributed by atoms with Crippen LogP contribution in [0.2, 0.25) is 10.0 Å². The van der Waals surface area contributed by atoms with E-state index < -0.39 is 0 Å². The molecule has 0 radical (unpaired) electrons. The average molecular weight is 744 g/mol. The highest BCUT2D eigenvalue weighted by Crippen LogP contribution is 2.33. The van der Waals surface area contributed by atoms with Crippen LogP contribution in [0.1, 0.15) is 59.2 Å². The number of anilines is 4. The minimum absolute atomic E-state index is 0.0187. The van der Waals surface area contributed by atoms with Gasteiger partial charge in [0, 0.05) is 36.2 Å². The Hall–Kier alpha value is -5.60. The maximum absolute atomic E-state index is 12.8. The number of benzene rings is 2. The molecule has 8 rings (SSSR count). The number of rotatable bonds is 6. The number of carbonyl (C=O) groups excluding carboxylic acids is 2. The highest BCUT2D eigenvalue weighted by Gasteiger charge is 2.21. The summed E-state index contributed by atoms with van der Waals surface area (Å²) in [6, 6.07) is 11.1. The number of hydrogen-bond donors (Lipinski definition) is 4. The van der Waals surface area contributed by atoms with E-state index in [0.29, 0.717) is 43.8 Å². The van der Waals surface area contributed by atoms with E-state index in [1.807, 2.05) is 24.3 Å². The van der Waals surface area contributed by atoms with Crippen LogP contribution in [0.3, 0.4) is 0 Å². The van der Waals surface area contributed by atoms with Crippen molar-refractivity contribution < 1.29 is 19.8 Å². The lowest BCUT2D eigenvalue weighted by molar-refractivity contribution is 0.102. The minimum atomic E-state index is -0.321. The number of carbonyl (C=O) groups is 2. The number of hydrogen-bond acceptors (Lipinski definition) is 10. The molecule has 16 heteroatoms. The summed E-state index contributed by atoms with van der Waals surface area (Å²) in [5, 5.41) is 34.1. The molecule has 0 spiro atoms. The monoisotopic (exact) mass is 742 g/mol. The van der Waals surface area contributed by atoms with Crippen molar-refractivity contribution in [2.75, 3.05) is 46.6 Å². The Labute approximate surface area is 308 Å². The van der Waals surface area contributed by atoms with Gasteiger partial charge in [-0.3, -0.25) is 9.59 Å². The lowest BCUT2D eigenvalue weighted by Gasteiger charge is -2.30. The lowest BCUT2D eigenvalue weighted by atomic mass is 10.1. The van der Waals surface area contributed by atoms with Gasteiger partial charge in [0.1, 0.15) is 11.1 Å². The molecule has 0 aliphatic carbocycles. The van der Waals surface area contributed by atoms with Gasteiger partial charge >= 0.3 is 0 Å². The molecule has 0 unspecified atom stereocenters. The van der Waals surface area contributed by atoms with Crippen LogP contribution in [0.5, 0.6) is 11.5 Å². The topological polar surface area (TPSA) is 166 Å². The zero-order chi connectivity index (χ0) is 36.2. The Kier molecular flexibility index (Phi) is 10.3. The second kappa shape index (κ2) is 15.3. The largest absolute Gasteiger partial charge is 0.505 e. The molecule has 2 aliphatic rings. The molecule has 6 heterocycles. The summed E-state index contributed by atoms with van der Waals surface area (Å²) >= 11 is 12.3. The van der Waals surface area contributed by atoms with Gasteiger partial charge in [-0.1, -0.05) is 23.2 Å². The SMILES string of the molecule is O=C(Nc1cc(Cl)ccc1N1CCCCC1)c1cnn2cc(O)cnc12.O=C(Nc1cc(Cl)ccc1N1CCCCC1)c1cnn2cc(O)cnc12. The van der Waals surface area contributed by atoms with Crippen LogP contribution in [0.25, 0.3) is 11.3 Å². The third kappa shape index (κ3) is 7.67. The number of aromatic nitrogens is 6. The Morgan fingerprint density at radius 1 is 0.596 bits per heavy atom. The molecule has 268 valence electrons. The van der Waals surface area contributed by atoms with E-state index in [2.05, 4.69) is 40.6 Å². The second-order valence-corrected chi connectivity index (χ2v) is 13.5. The van der Waals surface area contributed by atoms with Gasteiger partial charge in [0.15, 0.2) is 22.8 Å². The van der Waals surface area contributed by atoms with Gasteiger partial charge in [0.05, 0.1) is 59.9 Å². The smallest absolute Gasteiger partial charge is 0.261 e. The van der Waals surface area contributed by atoms with E-state index in [1.54, 1.807) is 12.1 Å². The zero-order valence-corrected chi connectivity index (χ0v) is 29.6. The third-order valence-electron chi connectivity index (χ3n) is 8.98. The minimum Gasteiger partial charge on any atom is -0.505 e. The fourth-order valence-corrected chi connectivity index (χ4v) is 6.81. The van der Waals surface area contributed by atoms with Crippen LogP contribution >= 0.6 is 23.2 Å². The number of piperidine rings is 2. The van der Waals surface area contributed by atoms with Crippen LogP contribution in [-0.2, 0) is 0 Å². The predicted octanol–water partition coefficient (Wildman–Crippen LogP) is 6.66. The van der Waals surface area contributed by atoms with E-state index in [4.69, 9.17) is 23.2 Å². The van der Waals surface area contributed by atoms with E-state index in [0.717, 1.165) is 63.2 Å². The Morgan fingerprint density at radius 2 is 1.00 bits per heavy atom. The molecular weight excluding hydrogens is 707 g/mol. The molecule has 2 aliphatic heterocycles. The molecule has 2 aromatic carbocycles. The number of nitrogens with one attached hydrogen (secondary N) is 2. The summed E-state index contributed by atoms with van der Waals surface area (Å²) in [5.74, 6) is -0.679. The molecule has 0 bridgehead atoms. The second-order valence-electron chi connectivity index (χ2n) is 12.6. The molecule has 4 N–H and O–H groups in total. The number of fused-ring (bicyclic) bond motifs is 2. The molecule has 52 heavy (non-hydrogen) atoms. The summed E-state index contributed by atoms with van der Waals surface area (Å²) < 4.78 is 2.74. The van der Waals surface area contributed by atoms with Crippen LogP contribution in [0.4, 0.5) is 22.7 Å². The standard InChI is InChI=1S/2C18H18ClN5O2/c2*19-12-4-5-16(23-6-2-1-3-7-23)15(8-12)22-18(26)14-10-21-24-11-13(25)9-20-17(14)24/h2*4-5,8-11,25H,1-3,6-7H2,(H,22,26). The van der Waals surface area contributed by atoms with Crippen molar-refractivity contribution in [3.05, 3.63) is 94.8 Å². The van der Waals surface area contributed by atoms with Crippen molar-refractivity contribution in [2.24, 2.45) is 0 Å². The average Bonchev–Trinajstić information content (AvgIpc) is 3.77. The quantitative estimate of drug-likeness (QED) is 0.145. The predicted molar refractivity (Wildman–Crippen MR) is 200 cm³/mol. The highest BCUT2D eigenvalue weighted by atomic mass is 35.5. The number of amides is 2. The third-order valence-corrected chi connectivity index (χ3v) is 9.45. The van der Waals surface area contributed by atoms with E-state index >= 15 is 0 Å². The first-order chi connectivity index (χ1) is 25.2. The van der Waals surface area contributed by atoms with Gasteiger partial charge in [-0.05, 0) is 74.9 Å². The van der Waals surface area contributed by atoms with Crippen molar-refractivity contribution in [3.8, 4) is 11.5 Å². The van der Waals surface area contributed by atoms with Crippen LogP contribution < -0.4 is 20.4 Å².